The van der Waals surface area contributed by atoms with E-state index in [-0.39, 0.29) is 0 Å². The van der Waals surface area contributed by atoms with Crippen molar-refractivity contribution in [2.24, 2.45) is 23.7 Å². The monoisotopic (exact) mass is 278 g/mol. The van der Waals surface area contributed by atoms with Crippen LogP contribution in [0, 0.1) is 23.7 Å². The van der Waals surface area contributed by atoms with Gasteiger partial charge in [0, 0.05) is 31.7 Å². The lowest BCUT2D eigenvalue weighted by Gasteiger charge is -2.44. The zero-order valence-corrected chi connectivity index (χ0v) is 13.8. The van der Waals surface area contributed by atoms with E-state index >= 15 is 0 Å². The molecule has 0 spiro atoms. The highest BCUT2D eigenvalue weighted by atomic mass is 15.2. The summed E-state index contributed by atoms with van der Waals surface area (Å²) in [6.07, 6.45) is 8.78. The summed E-state index contributed by atoms with van der Waals surface area (Å²) in [5.74, 6) is 4.02. The lowest BCUT2D eigenvalue weighted by atomic mass is 9.87. The van der Waals surface area contributed by atoms with Crippen molar-refractivity contribution < 1.29 is 0 Å². The van der Waals surface area contributed by atoms with E-state index < -0.39 is 0 Å². The van der Waals surface area contributed by atoms with Crippen LogP contribution in [-0.2, 0) is 0 Å². The third-order valence-electron chi connectivity index (χ3n) is 6.72. The van der Waals surface area contributed by atoms with E-state index in [9.17, 15) is 0 Å². The van der Waals surface area contributed by atoms with Crippen molar-refractivity contribution in [2.45, 2.75) is 71.4 Å². The van der Waals surface area contributed by atoms with Crippen LogP contribution in [0.4, 0.5) is 0 Å². The van der Waals surface area contributed by atoms with Crippen molar-refractivity contribution in [3.8, 4) is 0 Å². The molecule has 2 nitrogen and oxygen atoms in total. The summed E-state index contributed by atoms with van der Waals surface area (Å²) in [7, 11) is 0. The first-order valence-electron chi connectivity index (χ1n) is 9.18. The Hall–Kier alpha value is -0.0800. The molecule has 0 radical (unpaired) electrons. The van der Waals surface area contributed by atoms with E-state index in [2.05, 4.69) is 31.0 Å². The van der Waals surface area contributed by atoms with Crippen LogP contribution in [0.15, 0.2) is 0 Å². The van der Waals surface area contributed by atoms with Gasteiger partial charge in [0.05, 0.1) is 0 Å². The Labute approximate surface area is 125 Å². The molecule has 116 valence electrons. The molecule has 3 aliphatic rings. The van der Waals surface area contributed by atoms with Gasteiger partial charge in [0.2, 0.25) is 0 Å². The van der Waals surface area contributed by atoms with Gasteiger partial charge in [0.1, 0.15) is 0 Å². The van der Waals surface area contributed by atoms with Crippen LogP contribution in [-0.4, -0.2) is 36.6 Å². The van der Waals surface area contributed by atoms with E-state index in [1.165, 1.54) is 45.3 Å². The number of rotatable bonds is 5. The minimum Gasteiger partial charge on any atom is -0.311 e. The van der Waals surface area contributed by atoms with Gasteiger partial charge in [-0.2, -0.15) is 0 Å². The molecule has 2 saturated carbocycles. The number of nitrogens with zero attached hydrogens (tertiary/aromatic N) is 1. The predicted octanol–water partition coefficient (Wildman–Crippen LogP) is 3.52. The lowest BCUT2D eigenvalue weighted by Crippen LogP contribution is -2.59. The molecule has 0 aromatic heterocycles. The Morgan fingerprint density at radius 1 is 1.20 bits per heavy atom. The number of nitrogens with one attached hydrogen (secondary N) is 1. The van der Waals surface area contributed by atoms with Crippen LogP contribution >= 0.6 is 0 Å². The first kappa shape index (κ1) is 14.8. The standard InChI is InChI=1S/C18H34N2/c1-4-13(3)18-12-20(17(5-2)10-19-18)11-16-9-14-6-7-15(16)8-14/h13-19H,4-12H2,1-3H3. The van der Waals surface area contributed by atoms with Crippen LogP contribution in [0.3, 0.4) is 0 Å². The molecule has 2 heteroatoms. The Bertz CT molecular complexity index is 317. The summed E-state index contributed by atoms with van der Waals surface area (Å²) in [6.45, 7) is 11.0. The molecule has 6 atom stereocenters. The van der Waals surface area contributed by atoms with Crippen LogP contribution in [0.1, 0.15) is 59.3 Å². The molecular weight excluding hydrogens is 244 g/mol. The predicted molar refractivity (Wildman–Crippen MR) is 85.8 cm³/mol. The van der Waals surface area contributed by atoms with Crippen molar-refractivity contribution in [3.63, 3.8) is 0 Å². The highest BCUT2D eigenvalue weighted by molar-refractivity contribution is 4.94. The maximum absolute atomic E-state index is 3.82. The normalized spacial score (nSPS) is 43.0. The fourth-order valence-corrected chi connectivity index (χ4v) is 5.08. The fraction of sp³-hybridized carbons (Fsp3) is 1.00. The molecular formula is C18H34N2. The smallest absolute Gasteiger partial charge is 0.0221 e. The van der Waals surface area contributed by atoms with Gasteiger partial charge < -0.3 is 5.32 Å². The summed E-state index contributed by atoms with van der Waals surface area (Å²) >= 11 is 0. The Balaban J connectivity index is 1.59. The Morgan fingerprint density at radius 2 is 2.05 bits per heavy atom. The van der Waals surface area contributed by atoms with Crippen LogP contribution < -0.4 is 5.32 Å². The summed E-state index contributed by atoms with van der Waals surface area (Å²) in [5, 5.41) is 3.82. The molecule has 1 saturated heterocycles. The largest absolute Gasteiger partial charge is 0.311 e. The van der Waals surface area contributed by atoms with Gasteiger partial charge in [-0.3, -0.25) is 4.90 Å². The number of fused-ring (bicyclic) bond motifs is 2. The lowest BCUT2D eigenvalue weighted by molar-refractivity contribution is 0.0778. The molecule has 0 aromatic carbocycles. The van der Waals surface area contributed by atoms with E-state index in [0.717, 1.165) is 35.8 Å². The van der Waals surface area contributed by atoms with Crippen molar-refractivity contribution in [2.75, 3.05) is 19.6 Å². The van der Waals surface area contributed by atoms with Gasteiger partial charge >= 0.3 is 0 Å². The molecule has 3 fully saturated rings. The van der Waals surface area contributed by atoms with E-state index in [1.807, 2.05) is 0 Å². The summed E-state index contributed by atoms with van der Waals surface area (Å²) in [5.41, 5.74) is 0. The zero-order chi connectivity index (χ0) is 14.1. The summed E-state index contributed by atoms with van der Waals surface area (Å²) in [4.78, 5) is 2.86. The molecule has 2 aliphatic carbocycles. The fourth-order valence-electron chi connectivity index (χ4n) is 5.08. The number of piperazine rings is 1. The molecule has 6 unspecified atom stereocenters. The average Bonchev–Trinajstić information content (AvgIpc) is 3.09. The van der Waals surface area contributed by atoms with Gasteiger partial charge in [0.25, 0.3) is 0 Å². The number of hydrogen-bond acceptors (Lipinski definition) is 2. The minimum atomic E-state index is 0.724. The quantitative estimate of drug-likeness (QED) is 0.828. The highest BCUT2D eigenvalue weighted by Gasteiger charge is 2.41. The minimum absolute atomic E-state index is 0.724. The SMILES string of the molecule is CCC(C)C1CN(CC2CC3CCC2C3)C(CC)CN1. The van der Waals surface area contributed by atoms with E-state index in [4.69, 9.17) is 0 Å². The highest BCUT2D eigenvalue weighted by Crippen LogP contribution is 2.48. The molecule has 1 heterocycles. The van der Waals surface area contributed by atoms with Crippen molar-refractivity contribution in [3.05, 3.63) is 0 Å². The average molecular weight is 278 g/mol. The Kier molecular flexibility index (Phi) is 4.72. The van der Waals surface area contributed by atoms with Crippen LogP contribution in [0.2, 0.25) is 0 Å². The van der Waals surface area contributed by atoms with Gasteiger partial charge in [0.15, 0.2) is 0 Å². The first-order valence-corrected chi connectivity index (χ1v) is 9.18. The van der Waals surface area contributed by atoms with E-state index in [0.29, 0.717) is 0 Å². The van der Waals surface area contributed by atoms with Crippen molar-refractivity contribution >= 4 is 0 Å². The van der Waals surface area contributed by atoms with Crippen LogP contribution in [0.5, 0.6) is 0 Å². The molecule has 1 N–H and O–H groups in total. The molecule has 20 heavy (non-hydrogen) atoms. The topological polar surface area (TPSA) is 15.3 Å². The maximum Gasteiger partial charge on any atom is 0.0221 e. The molecule has 3 rings (SSSR count). The second-order valence-electron chi connectivity index (χ2n) is 7.85. The molecule has 0 aromatic rings. The molecule has 1 aliphatic heterocycles. The second-order valence-corrected chi connectivity index (χ2v) is 7.85. The third-order valence-corrected chi connectivity index (χ3v) is 6.72. The van der Waals surface area contributed by atoms with E-state index in [1.54, 1.807) is 12.8 Å². The van der Waals surface area contributed by atoms with Gasteiger partial charge in [-0.15, -0.1) is 0 Å². The third kappa shape index (κ3) is 2.92. The first-order chi connectivity index (χ1) is 9.71. The Morgan fingerprint density at radius 3 is 2.65 bits per heavy atom. The van der Waals surface area contributed by atoms with Gasteiger partial charge in [-0.1, -0.05) is 33.6 Å². The molecule has 2 bridgehead atoms. The van der Waals surface area contributed by atoms with Crippen molar-refractivity contribution in [1.29, 1.82) is 0 Å². The van der Waals surface area contributed by atoms with Crippen LogP contribution in [0.25, 0.3) is 0 Å². The molecule has 0 amide bonds. The summed E-state index contributed by atoms with van der Waals surface area (Å²) in [6, 6.07) is 1.51. The zero-order valence-electron chi connectivity index (χ0n) is 13.8. The van der Waals surface area contributed by atoms with Crippen molar-refractivity contribution in [1.82, 2.24) is 10.2 Å². The van der Waals surface area contributed by atoms with Gasteiger partial charge in [-0.05, 0) is 49.4 Å². The van der Waals surface area contributed by atoms with Gasteiger partial charge in [-0.25, -0.2) is 0 Å². The second kappa shape index (κ2) is 6.36. The number of hydrogen-bond donors (Lipinski definition) is 1. The maximum atomic E-state index is 3.82. The summed E-state index contributed by atoms with van der Waals surface area (Å²) < 4.78 is 0.